The van der Waals surface area contributed by atoms with Crippen molar-refractivity contribution in [3.05, 3.63) is 145 Å². The molecule has 0 bridgehead atoms. The lowest BCUT2D eigenvalue weighted by Gasteiger charge is -2.10. The van der Waals surface area contributed by atoms with Crippen molar-refractivity contribution in [3.8, 4) is 28.8 Å². The highest BCUT2D eigenvalue weighted by Crippen LogP contribution is 2.38. The summed E-state index contributed by atoms with van der Waals surface area (Å²) in [6.07, 6.45) is 0. The van der Waals surface area contributed by atoms with Gasteiger partial charge in [0.05, 0.1) is 34.4 Å². The molecule has 0 N–H and O–H groups in total. The Balaban J connectivity index is 1.29. The molecule has 0 aliphatic rings. The number of rotatable bonds is 3. The Morgan fingerprint density at radius 3 is 1.95 bits per heavy atom. The van der Waals surface area contributed by atoms with Crippen LogP contribution in [0, 0.1) is 11.3 Å². The molecule has 0 fully saturated rings. The van der Waals surface area contributed by atoms with Crippen LogP contribution in [0.3, 0.4) is 0 Å². The van der Waals surface area contributed by atoms with E-state index in [9.17, 15) is 5.26 Å². The number of nitrogens with zero attached hydrogens (tertiary/aromatic N) is 5. The summed E-state index contributed by atoms with van der Waals surface area (Å²) in [7, 11) is 0. The minimum absolute atomic E-state index is 0.111. The van der Waals surface area contributed by atoms with Crippen molar-refractivity contribution in [1.82, 2.24) is 19.1 Å². The molecule has 9 aromatic rings. The third kappa shape index (κ3) is 3.52. The Bertz CT molecular complexity index is 2890. The monoisotopic (exact) mass is 566 g/mol. The number of nitriles is 1. The third-order valence-electron chi connectivity index (χ3n) is 8.29. The molecule has 5 heteroatoms. The second kappa shape index (κ2) is 9.38. The summed E-state index contributed by atoms with van der Waals surface area (Å²) in [6.45, 7) is 0. The lowest BCUT2D eigenvalue weighted by Crippen LogP contribution is -2.03. The molecular formula is C39H23N5. The van der Waals surface area contributed by atoms with Gasteiger partial charge in [-0.05, 0) is 65.7 Å². The largest absolute Gasteiger partial charge is 0.309 e. The zero-order valence-corrected chi connectivity index (χ0v) is 23.1. The minimum atomic E-state index is -0.425. The molecule has 5 nitrogen and oxygen atoms in total. The van der Waals surface area contributed by atoms with Gasteiger partial charge in [0.2, 0.25) is 5.95 Å². The number of hydrogen-bond acceptors (Lipinski definition) is 3. The second-order valence-corrected chi connectivity index (χ2v) is 10.6. The summed E-state index contributed by atoms with van der Waals surface area (Å²) >= 11 is 0. The van der Waals surface area contributed by atoms with E-state index in [0.29, 0.717) is 22.5 Å². The highest BCUT2D eigenvalue weighted by Gasteiger charge is 2.18. The Labute approximate surface area is 259 Å². The van der Waals surface area contributed by atoms with Gasteiger partial charge in [-0.3, -0.25) is 4.57 Å². The number of fused-ring (bicyclic) bond motifs is 7. The van der Waals surface area contributed by atoms with Crippen LogP contribution in [0.5, 0.6) is 0 Å². The average Bonchev–Trinajstić information content (AvgIpc) is 3.65. The van der Waals surface area contributed by atoms with Crippen molar-refractivity contribution >= 4 is 54.5 Å². The summed E-state index contributed by atoms with van der Waals surface area (Å²) in [5, 5.41) is 14.4. The number of benzene rings is 6. The minimum Gasteiger partial charge on any atom is -0.309 e. The predicted molar refractivity (Wildman–Crippen MR) is 178 cm³/mol. The van der Waals surface area contributed by atoms with Crippen molar-refractivity contribution in [1.29, 1.82) is 5.26 Å². The molecule has 0 atom stereocenters. The number of para-hydroxylation sites is 4. The van der Waals surface area contributed by atoms with Crippen LogP contribution in [0.1, 0.15) is 12.5 Å². The molecule has 44 heavy (non-hydrogen) atoms. The van der Waals surface area contributed by atoms with Gasteiger partial charge in [0, 0.05) is 32.6 Å². The van der Waals surface area contributed by atoms with Gasteiger partial charge in [-0.2, -0.15) is 5.26 Å². The quantitative estimate of drug-likeness (QED) is 0.214. The van der Waals surface area contributed by atoms with E-state index in [2.05, 4.69) is 23.2 Å². The van der Waals surface area contributed by atoms with Crippen molar-refractivity contribution in [3.63, 3.8) is 0 Å². The molecule has 0 saturated heterocycles. The maximum Gasteiger partial charge on any atom is 0.236 e. The summed E-state index contributed by atoms with van der Waals surface area (Å²) in [5.41, 5.74) is 6.22. The van der Waals surface area contributed by atoms with E-state index in [1.165, 1.54) is 0 Å². The van der Waals surface area contributed by atoms with E-state index in [-0.39, 0.29) is 29.9 Å². The van der Waals surface area contributed by atoms with E-state index in [1.54, 1.807) is 4.57 Å². The molecule has 3 aromatic heterocycles. The van der Waals surface area contributed by atoms with Gasteiger partial charge in [-0.15, -0.1) is 0 Å². The SMILES string of the molecule is [2H]c1c([2H])c([2H])c(-n2c3ccccc3c3ccc(-c4ccc5c(c4)c4ccccc4n5-c4nc(C#N)c5ccccc5n4)cc32)c([2H])c1[2H]. The first-order valence-electron chi connectivity index (χ1n) is 16.7. The molecular weight excluding hydrogens is 538 g/mol. The van der Waals surface area contributed by atoms with Crippen molar-refractivity contribution < 1.29 is 6.85 Å². The summed E-state index contributed by atoms with van der Waals surface area (Å²) in [6, 6.07) is 36.1. The van der Waals surface area contributed by atoms with Crippen LogP contribution in [-0.4, -0.2) is 19.1 Å². The predicted octanol–water partition coefficient (Wildman–Crippen LogP) is 9.36. The van der Waals surface area contributed by atoms with Crippen LogP contribution in [0.25, 0.3) is 77.3 Å². The first kappa shape index (κ1) is 19.8. The molecule has 0 radical (unpaired) electrons. The van der Waals surface area contributed by atoms with Crippen LogP contribution >= 0.6 is 0 Å². The van der Waals surface area contributed by atoms with Gasteiger partial charge in [0.1, 0.15) is 6.07 Å². The fourth-order valence-electron chi connectivity index (χ4n) is 6.36. The molecule has 9 rings (SSSR count). The van der Waals surface area contributed by atoms with Gasteiger partial charge in [-0.1, -0.05) is 84.9 Å². The van der Waals surface area contributed by atoms with Gasteiger partial charge in [0.25, 0.3) is 0 Å². The molecule has 0 unspecified atom stereocenters. The van der Waals surface area contributed by atoms with E-state index >= 15 is 0 Å². The van der Waals surface area contributed by atoms with E-state index < -0.39 is 6.04 Å². The first-order valence-corrected chi connectivity index (χ1v) is 14.2. The summed E-state index contributed by atoms with van der Waals surface area (Å²) in [4.78, 5) is 9.55. The van der Waals surface area contributed by atoms with E-state index in [4.69, 9.17) is 11.8 Å². The zero-order valence-electron chi connectivity index (χ0n) is 28.1. The molecule has 0 spiro atoms. The summed E-state index contributed by atoms with van der Waals surface area (Å²) in [5.74, 6) is 0.416. The van der Waals surface area contributed by atoms with Gasteiger partial charge >= 0.3 is 0 Å². The Morgan fingerprint density at radius 1 is 0.545 bits per heavy atom. The number of hydrogen-bond donors (Lipinski definition) is 0. The Kier molecular flexibility index (Phi) is 4.22. The van der Waals surface area contributed by atoms with Crippen molar-refractivity contribution in [2.24, 2.45) is 0 Å². The Morgan fingerprint density at radius 2 is 1.16 bits per heavy atom. The maximum atomic E-state index is 9.93. The second-order valence-electron chi connectivity index (χ2n) is 10.6. The van der Waals surface area contributed by atoms with Crippen LogP contribution in [-0.2, 0) is 0 Å². The van der Waals surface area contributed by atoms with E-state index in [1.807, 2.05) is 102 Å². The molecule has 3 heterocycles. The number of aromatic nitrogens is 4. The standard InChI is InChI=1S/C39H23N5/c40-24-34-31-14-4-7-15-33(31)41-39(42-34)44-36-17-9-6-13-29(36)32-22-25(19-21-37(32)44)26-18-20-30-28-12-5-8-16-35(28)43(38(30)23-26)27-10-2-1-3-11-27/h1-23H/i1D,2D,3D,10D,11D. The third-order valence-corrected chi connectivity index (χ3v) is 8.29. The maximum absolute atomic E-state index is 9.93. The highest BCUT2D eigenvalue weighted by atomic mass is 15.2. The van der Waals surface area contributed by atoms with Crippen LogP contribution in [0.4, 0.5) is 0 Å². The Hall–Kier alpha value is -6.25. The fourth-order valence-corrected chi connectivity index (χ4v) is 6.36. The van der Waals surface area contributed by atoms with Gasteiger partial charge in [-0.25, -0.2) is 9.97 Å². The molecule has 0 aliphatic carbocycles. The van der Waals surface area contributed by atoms with Gasteiger partial charge in [0.15, 0.2) is 5.69 Å². The molecule has 6 aromatic carbocycles. The lowest BCUT2D eigenvalue weighted by atomic mass is 10.0. The first-order chi connectivity index (χ1) is 23.9. The lowest BCUT2D eigenvalue weighted by molar-refractivity contribution is 1.00. The molecule has 0 amide bonds. The van der Waals surface area contributed by atoms with Gasteiger partial charge < -0.3 is 4.57 Å². The normalized spacial score (nSPS) is 13.2. The molecule has 204 valence electrons. The van der Waals surface area contributed by atoms with Crippen LogP contribution < -0.4 is 0 Å². The highest BCUT2D eigenvalue weighted by molar-refractivity contribution is 6.12. The zero-order chi connectivity index (χ0) is 33.6. The van der Waals surface area contributed by atoms with E-state index in [0.717, 1.165) is 54.7 Å². The molecule has 0 aliphatic heterocycles. The van der Waals surface area contributed by atoms with Crippen molar-refractivity contribution in [2.75, 3.05) is 0 Å². The fraction of sp³-hybridized carbons (Fsp3) is 0. The molecule has 0 saturated carbocycles. The summed E-state index contributed by atoms with van der Waals surface area (Å²) < 4.78 is 46.1. The van der Waals surface area contributed by atoms with Crippen LogP contribution in [0.2, 0.25) is 0 Å². The van der Waals surface area contributed by atoms with Crippen LogP contribution in [0.15, 0.2) is 139 Å². The smallest absolute Gasteiger partial charge is 0.236 e. The average molecular weight is 567 g/mol. The van der Waals surface area contributed by atoms with Crippen molar-refractivity contribution in [2.45, 2.75) is 0 Å². The topological polar surface area (TPSA) is 59.4 Å².